The Morgan fingerprint density at radius 2 is 1.79 bits per heavy atom. The minimum atomic E-state index is -0.245. The molecule has 1 saturated carbocycles. The number of nitrogens with one attached hydrogen (secondary N) is 2. The van der Waals surface area contributed by atoms with E-state index in [2.05, 4.69) is 59.8 Å². The molecule has 2 aromatic carbocycles. The standard InChI is InChI=1S/C30H35N7O2/c1-18-5-4-6-19(2)27(18)33-28-26-16-31-30(34-29(26)37(35-28)24-9-11-25(39)12-10-24)32-23-8-7-21-13-14-36(20(3)38)17-22(21)15-23/h4-8,15-16,24-25,39H,9-14,17H2,1-3H3,(H,33,35)(H,31,32,34). The Hall–Kier alpha value is -3.98. The summed E-state index contributed by atoms with van der Waals surface area (Å²) < 4.78 is 2.02. The van der Waals surface area contributed by atoms with Crippen LogP contribution in [0.5, 0.6) is 0 Å². The van der Waals surface area contributed by atoms with Crippen LogP contribution < -0.4 is 10.6 Å². The number of amides is 1. The van der Waals surface area contributed by atoms with Crippen molar-refractivity contribution in [3.05, 3.63) is 64.8 Å². The topological polar surface area (TPSA) is 108 Å². The Labute approximate surface area is 228 Å². The van der Waals surface area contributed by atoms with E-state index < -0.39 is 0 Å². The molecule has 0 unspecified atom stereocenters. The molecule has 3 N–H and O–H groups in total. The molecule has 39 heavy (non-hydrogen) atoms. The van der Waals surface area contributed by atoms with Crippen LogP contribution in [0, 0.1) is 13.8 Å². The number of aliphatic hydroxyl groups is 1. The predicted molar refractivity (Wildman–Crippen MR) is 153 cm³/mol. The van der Waals surface area contributed by atoms with Crippen LogP contribution in [0.2, 0.25) is 0 Å². The third kappa shape index (κ3) is 5.06. The van der Waals surface area contributed by atoms with Crippen LogP contribution in [0.4, 0.5) is 23.1 Å². The second-order valence-corrected chi connectivity index (χ2v) is 10.9. The second-order valence-electron chi connectivity index (χ2n) is 10.9. The third-order valence-electron chi connectivity index (χ3n) is 8.11. The number of benzene rings is 2. The van der Waals surface area contributed by atoms with Gasteiger partial charge in [-0.3, -0.25) is 4.79 Å². The highest BCUT2D eigenvalue weighted by Crippen LogP contribution is 2.35. The molecular formula is C30H35N7O2. The first-order valence-electron chi connectivity index (χ1n) is 13.8. The molecule has 3 heterocycles. The van der Waals surface area contributed by atoms with Crippen molar-refractivity contribution in [1.29, 1.82) is 0 Å². The fourth-order valence-electron chi connectivity index (χ4n) is 5.80. The maximum atomic E-state index is 11.9. The molecule has 1 aliphatic heterocycles. The van der Waals surface area contributed by atoms with Gasteiger partial charge in [0.05, 0.1) is 17.5 Å². The molecule has 202 valence electrons. The number of nitrogens with zero attached hydrogens (tertiary/aromatic N) is 5. The van der Waals surface area contributed by atoms with E-state index >= 15 is 0 Å². The average Bonchev–Trinajstić information content (AvgIpc) is 3.28. The van der Waals surface area contributed by atoms with Crippen molar-refractivity contribution in [3.63, 3.8) is 0 Å². The van der Waals surface area contributed by atoms with Gasteiger partial charge in [0.15, 0.2) is 11.5 Å². The predicted octanol–water partition coefficient (Wildman–Crippen LogP) is 5.31. The highest BCUT2D eigenvalue weighted by molar-refractivity contribution is 5.90. The van der Waals surface area contributed by atoms with Gasteiger partial charge < -0.3 is 20.6 Å². The zero-order valence-electron chi connectivity index (χ0n) is 22.7. The quantitative estimate of drug-likeness (QED) is 0.324. The lowest BCUT2D eigenvalue weighted by molar-refractivity contribution is -0.129. The molecule has 9 heteroatoms. The van der Waals surface area contributed by atoms with Crippen molar-refractivity contribution < 1.29 is 9.90 Å². The van der Waals surface area contributed by atoms with Gasteiger partial charge in [-0.15, -0.1) is 0 Å². The maximum absolute atomic E-state index is 11.9. The Morgan fingerprint density at radius 3 is 2.54 bits per heavy atom. The maximum Gasteiger partial charge on any atom is 0.229 e. The van der Waals surface area contributed by atoms with Gasteiger partial charge in [0.1, 0.15) is 0 Å². The van der Waals surface area contributed by atoms with Gasteiger partial charge in [0.2, 0.25) is 11.9 Å². The molecule has 0 spiro atoms. The van der Waals surface area contributed by atoms with Crippen LogP contribution in [-0.2, 0) is 17.8 Å². The minimum Gasteiger partial charge on any atom is -0.393 e. The van der Waals surface area contributed by atoms with Crippen molar-refractivity contribution in [1.82, 2.24) is 24.6 Å². The first kappa shape index (κ1) is 25.3. The lowest BCUT2D eigenvalue weighted by Crippen LogP contribution is -2.34. The summed E-state index contributed by atoms with van der Waals surface area (Å²) in [4.78, 5) is 23.4. The van der Waals surface area contributed by atoms with Gasteiger partial charge in [-0.2, -0.15) is 10.1 Å². The van der Waals surface area contributed by atoms with E-state index in [1.807, 2.05) is 21.8 Å². The first-order chi connectivity index (χ1) is 18.9. The molecule has 2 aromatic heterocycles. The van der Waals surface area contributed by atoms with E-state index in [1.54, 1.807) is 6.92 Å². The fourth-order valence-corrected chi connectivity index (χ4v) is 5.80. The van der Waals surface area contributed by atoms with Crippen LogP contribution in [0.25, 0.3) is 11.0 Å². The SMILES string of the molecule is CC(=O)N1CCc2ccc(Nc3ncc4c(Nc5c(C)cccc5C)nn(C5CCC(O)CC5)c4n3)cc2C1. The van der Waals surface area contributed by atoms with Gasteiger partial charge in [0, 0.05) is 37.6 Å². The van der Waals surface area contributed by atoms with E-state index in [1.165, 1.54) is 5.56 Å². The number of hydrogen-bond donors (Lipinski definition) is 3. The highest BCUT2D eigenvalue weighted by atomic mass is 16.3. The zero-order chi connectivity index (χ0) is 27.1. The van der Waals surface area contributed by atoms with Crippen molar-refractivity contribution in [2.75, 3.05) is 17.2 Å². The molecule has 6 rings (SSSR count). The molecule has 1 fully saturated rings. The summed E-state index contributed by atoms with van der Waals surface area (Å²) in [5.74, 6) is 1.33. The summed E-state index contributed by atoms with van der Waals surface area (Å²) in [6.07, 6.45) is 5.67. The number of anilines is 4. The number of carbonyl (C=O) groups is 1. The van der Waals surface area contributed by atoms with E-state index in [9.17, 15) is 9.90 Å². The molecule has 4 aromatic rings. The van der Waals surface area contributed by atoms with Gasteiger partial charge in [-0.1, -0.05) is 24.3 Å². The molecule has 0 bridgehead atoms. The number of aliphatic hydroxyl groups excluding tert-OH is 1. The largest absolute Gasteiger partial charge is 0.393 e. The van der Waals surface area contributed by atoms with E-state index in [4.69, 9.17) is 10.1 Å². The number of hydrogen-bond acceptors (Lipinski definition) is 7. The molecular weight excluding hydrogens is 490 g/mol. The van der Waals surface area contributed by atoms with E-state index in [0.29, 0.717) is 12.5 Å². The monoisotopic (exact) mass is 525 g/mol. The number of rotatable bonds is 5. The Morgan fingerprint density at radius 1 is 1.03 bits per heavy atom. The second kappa shape index (κ2) is 10.3. The molecule has 0 radical (unpaired) electrons. The van der Waals surface area contributed by atoms with E-state index in [0.717, 1.165) is 83.6 Å². The summed E-state index contributed by atoms with van der Waals surface area (Å²) in [5.41, 5.74) is 7.41. The summed E-state index contributed by atoms with van der Waals surface area (Å²) in [6.45, 7) is 7.17. The van der Waals surface area contributed by atoms with Crippen molar-refractivity contribution in [2.45, 2.75) is 71.6 Å². The normalized spacial score (nSPS) is 19.1. The van der Waals surface area contributed by atoms with Crippen LogP contribution >= 0.6 is 0 Å². The molecule has 0 atom stereocenters. The first-order valence-corrected chi connectivity index (χ1v) is 13.8. The van der Waals surface area contributed by atoms with Crippen LogP contribution in [0.3, 0.4) is 0 Å². The van der Waals surface area contributed by atoms with Crippen LogP contribution in [0.15, 0.2) is 42.6 Å². The number of carbonyl (C=O) groups excluding carboxylic acids is 1. The van der Waals surface area contributed by atoms with Crippen molar-refractivity contribution >= 4 is 40.1 Å². The summed E-state index contributed by atoms with van der Waals surface area (Å²) in [6, 6.07) is 12.6. The lowest BCUT2D eigenvalue weighted by atomic mass is 9.93. The van der Waals surface area contributed by atoms with Crippen molar-refractivity contribution in [3.8, 4) is 0 Å². The zero-order valence-corrected chi connectivity index (χ0v) is 22.7. The summed E-state index contributed by atoms with van der Waals surface area (Å²) >= 11 is 0. The molecule has 1 aliphatic carbocycles. The Kier molecular flexibility index (Phi) is 6.68. The van der Waals surface area contributed by atoms with Crippen LogP contribution in [0.1, 0.15) is 60.9 Å². The smallest absolute Gasteiger partial charge is 0.229 e. The molecule has 9 nitrogen and oxygen atoms in total. The Balaban J connectivity index is 1.34. The minimum absolute atomic E-state index is 0.0987. The van der Waals surface area contributed by atoms with Gasteiger partial charge in [-0.05, 0) is 80.3 Å². The van der Waals surface area contributed by atoms with Gasteiger partial charge >= 0.3 is 0 Å². The Bertz CT molecular complexity index is 1520. The summed E-state index contributed by atoms with van der Waals surface area (Å²) in [5, 5.41) is 22.9. The van der Waals surface area contributed by atoms with Gasteiger partial charge in [-0.25, -0.2) is 9.67 Å². The van der Waals surface area contributed by atoms with Crippen molar-refractivity contribution in [2.24, 2.45) is 0 Å². The lowest BCUT2D eigenvalue weighted by Gasteiger charge is -2.28. The number of fused-ring (bicyclic) bond motifs is 2. The van der Waals surface area contributed by atoms with E-state index in [-0.39, 0.29) is 18.1 Å². The number of aryl methyl sites for hydroxylation is 2. The summed E-state index contributed by atoms with van der Waals surface area (Å²) in [7, 11) is 0. The average molecular weight is 526 g/mol. The number of aromatic nitrogens is 4. The van der Waals surface area contributed by atoms with Crippen LogP contribution in [-0.4, -0.2) is 48.3 Å². The highest BCUT2D eigenvalue weighted by Gasteiger charge is 2.26. The fraction of sp³-hybridized carbons (Fsp3) is 0.400. The third-order valence-corrected chi connectivity index (χ3v) is 8.11. The number of para-hydroxylation sites is 1. The molecule has 2 aliphatic rings. The molecule has 0 saturated heterocycles. The molecule has 1 amide bonds. The van der Waals surface area contributed by atoms with Gasteiger partial charge in [0.25, 0.3) is 0 Å².